The Kier molecular flexibility index (Phi) is 3.54. The van der Waals surface area contributed by atoms with E-state index in [4.69, 9.17) is 5.73 Å². The van der Waals surface area contributed by atoms with Crippen LogP contribution < -0.4 is 5.73 Å². The van der Waals surface area contributed by atoms with Crippen molar-refractivity contribution >= 4 is 0 Å². The van der Waals surface area contributed by atoms with Gasteiger partial charge in [0.1, 0.15) is 5.82 Å². The summed E-state index contributed by atoms with van der Waals surface area (Å²) < 4.78 is 13.5. The molecule has 2 N–H and O–H groups in total. The fraction of sp³-hybridized carbons (Fsp3) is 0.615. The molecule has 88 valence electrons. The molecule has 1 aliphatic rings. The molecule has 0 radical (unpaired) electrons. The van der Waals surface area contributed by atoms with Crippen molar-refractivity contribution in [3.63, 3.8) is 0 Å². The smallest absolute Gasteiger partial charge is 0.146 e. The average Bonchev–Trinajstić information content (AvgIpc) is 2.30. The van der Waals surface area contributed by atoms with E-state index < -0.39 is 0 Å². The molecule has 0 amide bonds. The van der Waals surface area contributed by atoms with Gasteiger partial charge in [-0.25, -0.2) is 4.39 Å². The van der Waals surface area contributed by atoms with Gasteiger partial charge in [0.25, 0.3) is 0 Å². The van der Waals surface area contributed by atoms with Gasteiger partial charge in [0, 0.05) is 17.8 Å². The molecule has 1 aliphatic carbocycles. The van der Waals surface area contributed by atoms with E-state index in [0.29, 0.717) is 11.5 Å². The Morgan fingerprint density at radius 2 is 2.06 bits per heavy atom. The van der Waals surface area contributed by atoms with Crippen LogP contribution in [0, 0.1) is 17.7 Å². The maximum atomic E-state index is 13.5. The van der Waals surface area contributed by atoms with Gasteiger partial charge < -0.3 is 5.73 Å². The van der Waals surface area contributed by atoms with Crippen molar-refractivity contribution in [3.05, 3.63) is 29.8 Å². The first-order chi connectivity index (χ1) is 7.68. The molecule has 2 nitrogen and oxygen atoms in total. The van der Waals surface area contributed by atoms with E-state index in [1.165, 1.54) is 19.0 Å². The number of hydrogen-bond acceptors (Lipinski definition) is 2. The molecule has 3 heteroatoms. The number of nitrogens with zero attached hydrogens (tertiary/aromatic N) is 1. The normalized spacial score (nSPS) is 27.7. The monoisotopic (exact) mass is 222 g/mol. The van der Waals surface area contributed by atoms with E-state index >= 15 is 0 Å². The highest BCUT2D eigenvalue weighted by molar-refractivity contribution is 5.18. The molecule has 0 aromatic carbocycles. The third kappa shape index (κ3) is 2.40. The van der Waals surface area contributed by atoms with E-state index in [2.05, 4.69) is 11.9 Å². The van der Waals surface area contributed by atoms with E-state index in [1.807, 2.05) is 0 Å². The van der Waals surface area contributed by atoms with Gasteiger partial charge >= 0.3 is 0 Å². The molecule has 0 aliphatic heterocycles. The van der Waals surface area contributed by atoms with E-state index in [9.17, 15) is 4.39 Å². The Balaban J connectivity index is 2.07. The molecule has 1 heterocycles. The summed E-state index contributed by atoms with van der Waals surface area (Å²) in [6.07, 6.45) is 7.52. The quantitative estimate of drug-likeness (QED) is 0.835. The summed E-state index contributed by atoms with van der Waals surface area (Å²) >= 11 is 0. The van der Waals surface area contributed by atoms with Gasteiger partial charge in [0.05, 0.1) is 6.20 Å². The zero-order chi connectivity index (χ0) is 11.5. The van der Waals surface area contributed by atoms with Crippen LogP contribution in [0.2, 0.25) is 0 Å². The average molecular weight is 222 g/mol. The Hall–Kier alpha value is -0.960. The summed E-state index contributed by atoms with van der Waals surface area (Å²) in [7, 11) is 0. The van der Waals surface area contributed by atoms with Gasteiger partial charge in [-0.2, -0.15) is 0 Å². The first kappa shape index (κ1) is 11.5. The number of pyridine rings is 1. The number of rotatable bonds is 2. The highest BCUT2D eigenvalue weighted by atomic mass is 19.1. The predicted molar refractivity (Wildman–Crippen MR) is 62.2 cm³/mol. The summed E-state index contributed by atoms with van der Waals surface area (Å²) in [5, 5.41) is 0. The SMILES string of the molecule is CC1CCC(C(N)c2ccncc2F)CC1. The lowest BCUT2D eigenvalue weighted by molar-refractivity contribution is 0.253. The van der Waals surface area contributed by atoms with Gasteiger partial charge in [-0.3, -0.25) is 4.98 Å². The first-order valence-electron chi connectivity index (χ1n) is 6.03. The highest BCUT2D eigenvalue weighted by Crippen LogP contribution is 2.35. The summed E-state index contributed by atoms with van der Waals surface area (Å²) in [6, 6.07) is 1.54. The van der Waals surface area contributed by atoms with Crippen molar-refractivity contribution < 1.29 is 4.39 Å². The van der Waals surface area contributed by atoms with Crippen LogP contribution in [-0.2, 0) is 0 Å². The van der Waals surface area contributed by atoms with Gasteiger partial charge in [0.15, 0.2) is 0 Å². The van der Waals surface area contributed by atoms with Gasteiger partial charge in [-0.15, -0.1) is 0 Å². The molecule has 1 atom stereocenters. The van der Waals surface area contributed by atoms with Crippen molar-refractivity contribution in [3.8, 4) is 0 Å². The number of halogens is 1. The van der Waals surface area contributed by atoms with Gasteiger partial charge in [-0.1, -0.05) is 19.8 Å². The van der Waals surface area contributed by atoms with E-state index in [-0.39, 0.29) is 11.9 Å². The molecular formula is C13H19FN2. The Bertz CT molecular complexity index is 346. The molecule has 16 heavy (non-hydrogen) atoms. The second-order valence-electron chi connectivity index (χ2n) is 4.94. The summed E-state index contributed by atoms with van der Waals surface area (Å²) in [6.45, 7) is 2.27. The number of aromatic nitrogens is 1. The second-order valence-corrected chi connectivity index (χ2v) is 4.94. The highest BCUT2D eigenvalue weighted by Gasteiger charge is 2.26. The molecule has 0 bridgehead atoms. The third-order valence-corrected chi connectivity index (χ3v) is 3.73. The standard InChI is InChI=1S/C13H19FN2/c1-9-2-4-10(5-3-9)13(15)11-6-7-16-8-12(11)14/h6-10,13H,2-5,15H2,1H3. The lowest BCUT2D eigenvalue weighted by Gasteiger charge is -2.30. The predicted octanol–water partition coefficient (Wildman–Crippen LogP) is 3.05. The molecule has 1 fully saturated rings. The van der Waals surface area contributed by atoms with Crippen molar-refractivity contribution in [2.75, 3.05) is 0 Å². The lowest BCUT2D eigenvalue weighted by Crippen LogP contribution is -2.26. The molecule has 0 saturated heterocycles. The van der Waals surface area contributed by atoms with Gasteiger partial charge in [0.2, 0.25) is 0 Å². The Morgan fingerprint density at radius 3 is 2.69 bits per heavy atom. The maximum absolute atomic E-state index is 13.5. The minimum Gasteiger partial charge on any atom is -0.324 e. The maximum Gasteiger partial charge on any atom is 0.146 e. The minimum atomic E-state index is -0.270. The van der Waals surface area contributed by atoms with Crippen LogP contribution in [-0.4, -0.2) is 4.98 Å². The van der Waals surface area contributed by atoms with Crippen LogP contribution in [0.1, 0.15) is 44.2 Å². The Morgan fingerprint density at radius 1 is 1.38 bits per heavy atom. The topological polar surface area (TPSA) is 38.9 Å². The van der Waals surface area contributed by atoms with Crippen LogP contribution in [0.25, 0.3) is 0 Å². The second kappa shape index (κ2) is 4.91. The molecule has 1 aromatic heterocycles. The third-order valence-electron chi connectivity index (χ3n) is 3.73. The molecule has 0 spiro atoms. The zero-order valence-corrected chi connectivity index (χ0v) is 9.70. The van der Waals surface area contributed by atoms with Crippen LogP contribution in [0.4, 0.5) is 4.39 Å². The largest absolute Gasteiger partial charge is 0.324 e. The van der Waals surface area contributed by atoms with E-state index in [1.54, 1.807) is 12.3 Å². The molecule has 2 rings (SSSR count). The minimum absolute atomic E-state index is 0.171. The van der Waals surface area contributed by atoms with E-state index in [0.717, 1.165) is 18.8 Å². The summed E-state index contributed by atoms with van der Waals surface area (Å²) in [5.74, 6) is 0.951. The Labute approximate surface area is 96.1 Å². The van der Waals surface area contributed by atoms with Crippen LogP contribution in [0.15, 0.2) is 18.5 Å². The summed E-state index contributed by atoms with van der Waals surface area (Å²) in [5.41, 5.74) is 6.77. The molecular weight excluding hydrogens is 203 g/mol. The number of hydrogen-bond donors (Lipinski definition) is 1. The van der Waals surface area contributed by atoms with Crippen molar-refractivity contribution in [1.29, 1.82) is 0 Å². The first-order valence-corrected chi connectivity index (χ1v) is 6.03. The fourth-order valence-corrected chi connectivity index (χ4v) is 2.56. The van der Waals surface area contributed by atoms with Gasteiger partial charge in [-0.05, 0) is 30.7 Å². The van der Waals surface area contributed by atoms with Crippen molar-refractivity contribution in [1.82, 2.24) is 4.98 Å². The van der Waals surface area contributed by atoms with Crippen molar-refractivity contribution in [2.45, 2.75) is 38.6 Å². The number of nitrogens with two attached hydrogens (primary N) is 1. The zero-order valence-electron chi connectivity index (χ0n) is 9.70. The van der Waals surface area contributed by atoms with Crippen LogP contribution in [0.5, 0.6) is 0 Å². The van der Waals surface area contributed by atoms with Crippen LogP contribution in [0.3, 0.4) is 0 Å². The van der Waals surface area contributed by atoms with Crippen molar-refractivity contribution in [2.24, 2.45) is 17.6 Å². The summed E-state index contributed by atoms with van der Waals surface area (Å²) in [4.78, 5) is 3.75. The fourth-order valence-electron chi connectivity index (χ4n) is 2.56. The van der Waals surface area contributed by atoms with Crippen LogP contribution >= 0.6 is 0 Å². The lowest BCUT2D eigenvalue weighted by atomic mass is 9.78. The molecule has 1 unspecified atom stereocenters. The molecule has 1 saturated carbocycles. The molecule has 1 aromatic rings.